The molecule has 0 aliphatic heterocycles. The van der Waals surface area contributed by atoms with Gasteiger partial charge in [-0.05, 0) is 48.2 Å². The normalized spacial score (nSPS) is 14.0. The van der Waals surface area contributed by atoms with Gasteiger partial charge >= 0.3 is 0 Å². The van der Waals surface area contributed by atoms with Gasteiger partial charge in [0, 0.05) is 6.54 Å². The highest BCUT2D eigenvalue weighted by Crippen LogP contribution is 2.28. The number of aryl methyl sites for hydroxylation is 1. The molecule has 0 aliphatic carbocycles. The molecular weight excluding hydrogens is 259 g/mol. The zero-order chi connectivity index (χ0) is 14.4. The molecule has 1 unspecified atom stereocenters. The predicted octanol–water partition coefficient (Wildman–Crippen LogP) is 4.83. The summed E-state index contributed by atoms with van der Waals surface area (Å²) in [7, 11) is 0. The highest BCUT2D eigenvalue weighted by atomic mass is 32.1. The quantitative estimate of drug-likeness (QED) is 0.781. The standard InChI is InChI=1S/C15H21FN2S/c1-9-6-13-12(7-11(9)16)17-14(19)18(13)8-10(2)15(3,4)5/h6-7,10H,8H2,1-5H3,(H,17,19). The van der Waals surface area contributed by atoms with Crippen molar-refractivity contribution in [2.24, 2.45) is 11.3 Å². The van der Waals surface area contributed by atoms with Crippen LogP contribution in [0.3, 0.4) is 0 Å². The van der Waals surface area contributed by atoms with Gasteiger partial charge in [-0.25, -0.2) is 4.39 Å². The monoisotopic (exact) mass is 280 g/mol. The lowest BCUT2D eigenvalue weighted by molar-refractivity contribution is 0.234. The number of imidazole rings is 1. The molecule has 1 heterocycles. The van der Waals surface area contributed by atoms with Crippen molar-refractivity contribution >= 4 is 23.3 Å². The number of hydrogen-bond donors (Lipinski definition) is 1. The van der Waals surface area contributed by atoms with Gasteiger partial charge in [-0.15, -0.1) is 0 Å². The molecule has 1 aromatic carbocycles. The summed E-state index contributed by atoms with van der Waals surface area (Å²) in [5.41, 5.74) is 2.63. The first-order valence-electron chi connectivity index (χ1n) is 6.59. The van der Waals surface area contributed by atoms with Crippen molar-refractivity contribution in [2.45, 2.75) is 41.2 Å². The summed E-state index contributed by atoms with van der Waals surface area (Å²) < 4.78 is 16.3. The Morgan fingerprint density at radius 2 is 2.00 bits per heavy atom. The van der Waals surface area contributed by atoms with Crippen LogP contribution in [0.1, 0.15) is 33.3 Å². The third-order valence-electron chi connectivity index (χ3n) is 3.99. The molecule has 1 aromatic heterocycles. The second-order valence-corrected chi connectivity index (χ2v) is 6.81. The van der Waals surface area contributed by atoms with Gasteiger partial charge < -0.3 is 9.55 Å². The van der Waals surface area contributed by atoms with Crippen LogP contribution in [0.25, 0.3) is 11.0 Å². The van der Waals surface area contributed by atoms with E-state index in [4.69, 9.17) is 12.2 Å². The van der Waals surface area contributed by atoms with Gasteiger partial charge in [0.2, 0.25) is 0 Å². The lowest BCUT2D eigenvalue weighted by atomic mass is 9.82. The molecule has 0 saturated heterocycles. The topological polar surface area (TPSA) is 20.7 Å². The average molecular weight is 280 g/mol. The third kappa shape index (κ3) is 2.73. The van der Waals surface area contributed by atoms with Gasteiger partial charge in [-0.3, -0.25) is 0 Å². The maximum atomic E-state index is 13.6. The van der Waals surface area contributed by atoms with Crippen LogP contribution in [0.15, 0.2) is 12.1 Å². The number of rotatable bonds is 2. The fourth-order valence-corrected chi connectivity index (χ4v) is 2.29. The molecule has 0 spiro atoms. The lowest BCUT2D eigenvalue weighted by Crippen LogP contribution is -2.22. The first-order valence-corrected chi connectivity index (χ1v) is 6.99. The molecule has 2 rings (SSSR count). The zero-order valence-corrected chi connectivity index (χ0v) is 13.0. The van der Waals surface area contributed by atoms with Gasteiger partial charge in [0.1, 0.15) is 5.82 Å². The largest absolute Gasteiger partial charge is 0.330 e. The van der Waals surface area contributed by atoms with Crippen molar-refractivity contribution in [3.63, 3.8) is 0 Å². The SMILES string of the molecule is Cc1cc2c(cc1F)[nH]c(=S)n2CC(C)C(C)(C)C. The van der Waals surface area contributed by atoms with E-state index in [1.807, 2.05) is 6.07 Å². The number of nitrogens with one attached hydrogen (secondary N) is 1. The summed E-state index contributed by atoms with van der Waals surface area (Å²) in [4.78, 5) is 3.09. The number of nitrogens with zero attached hydrogens (tertiary/aromatic N) is 1. The Balaban J connectivity index is 2.52. The number of hydrogen-bond acceptors (Lipinski definition) is 1. The first kappa shape index (κ1) is 14.3. The molecule has 0 bridgehead atoms. The minimum atomic E-state index is -0.195. The van der Waals surface area contributed by atoms with Crippen LogP contribution in [-0.2, 0) is 6.54 Å². The Labute approximate surface area is 118 Å². The van der Waals surface area contributed by atoms with E-state index in [-0.39, 0.29) is 11.2 Å². The first-order chi connectivity index (χ1) is 8.70. The van der Waals surface area contributed by atoms with Gasteiger partial charge in [-0.1, -0.05) is 27.7 Å². The third-order valence-corrected chi connectivity index (χ3v) is 4.31. The maximum Gasteiger partial charge on any atom is 0.178 e. The molecule has 0 radical (unpaired) electrons. The number of fused-ring (bicyclic) bond motifs is 1. The van der Waals surface area contributed by atoms with Crippen LogP contribution in [0, 0.1) is 28.8 Å². The van der Waals surface area contributed by atoms with E-state index in [0.29, 0.717) is 16.3 Å². The van der Waals surface area contributed by atoms with Crippen molar-refractivity contribution in [1.29, 1.82) is 0 Å². The van der Waals surface area contributed by atoms with E-state index < -0.39 is 0 Å². The van der Waals surface area contributed by atoms with Crippen molar-refractivity contribution in [3.05, 3.63) is 28.3 Å². The Kier molecular flexibility index (Phi) is 3.56. The number of halogens is 1. The molecule has 0 aliphatic rings. The van der Waals surface area contributed by atoms with Crippen molar-refractivity contribution in [1.82, 2.24) is 9.55 Å². The maximum absolute atomic E-state index is 13.6. The number of benzene rings is 1. The van der Waals surface area contributed by atoms with E-state index >= 15 is 0 Å². The van der Waals surface area contributed by atoms with E-state index in [1.54, 1.807) is 6.92 Å². The highest BCUT2D eigenvalue weighted by Gasteiger charge is 2.21. The van der Waals surface area contributed by atoms with Gasteiger partial charge in [0.05, 0.1) is 11.0 Å². The number of H-pyrrole nitrogens is 1. The summed E-state index contributed by atoms with van der Waals surface area (Å²) in [6.45, 7) is 11.5. The molecule has 1 N–H and O–H groups in total. The fraction of sp³-hybridized carbons (Fsp3) is 0.533. The van der Waals surface area contributed by atoms with Crippen LogP contribution in [0.4, 0.5) is 4.39 Å². The van der Waals surface area contributed by atoms with Gasteiger partial charge in [0.25, 0.3) is 0 Å². The van der Waals surface area contributed by atoms with E-state index in [2.05, 4.69) is 37.2 Å². The van der Waals surface area contributed by atoms with Crippen LogP contribution >= 0.6 is 12.2 Å². The molecule has 2 nitrogen and oxygen atoms in total. The molecule has 2 aromatic rings. The average Bonchev–Trinajstić information content (AvgIpc) is 2.55. The van der Waals surface area contributed by atoms with E-state index in [1.165, 1.54) is 6.07 Å². The molecule has 1 atom stereocenters. The van der Waals surface area contributed by atoms with Crippen molar-refractivity contribution in [3.8, 4) is 0 Å². The van der Waals surface area contributed by atoms with Crippen LogP contribution in [0.5, 0.6) is 0 Å². The second-order valence-electron chi connectivity index (χ2n) is 6.43. The predicted molar refractivity (Wildman–Crippen MR) is 80.4 cm³/mol. The lowest BCUT2D eigenvalue weighted by Gasteiger charge is -2.27. The Morgan fingerprint density at radius 3 is 2.58 bits per heavy atom. The molecule has 0 saturated carbocycles. The smallest absolute Gasteiger partial charge is 0.178 e. The molecule has 104 valence electrons. The van der Waals surface area contributed by atoms with E-state index in [9.17, 15) is 4.39 Å². The Morgan fingerprint density at radius 1 is 1.37 bits per heavy atom. The van der Waals surface area contributed by atoms with Gasteiger partial charge in [0.15, 0.2) is 4.77 Å². The zero-order valence-electron chi connectivity index (χ0n) is 12.2. The Bertz CT molecular complexity index is 661. The summed E-state index contributed by atoms with van der Waals surface area (Å²) in [5, 5.41) is 0. The van der Waals surface area contributed by atoms with Gasteiger partial charge in [-0.2, -0.15) is 0 Å². The van der Waals surface area contributed by atoms with Crippen LogP contribution in [0.2, 0.25) is 0 Å². The number of aromatic nitrogens is 2. The summed E-state index contributed by atoms with van der Waals surface area (Å²) in [5.74, 6) is 0.281. The molecular formula is C15H21FN2S. The minimum Gasteiger partial charge on any atom is -0.330 e. The van der Waals surface area contributed by atoms with Crippen molar-refractivity contribution in [2.75, 3.05) is 0 Å². The molecule has 0 fully saturated rings. The number of aromatic amines is 1. The summed E-state index contributed by atoms with van der Waals surface area (Å²) in [6.07, 6.45) is 0. The molecule has 0 amide bonds. The summed E-state index contributed by atoms with van der Waals surface area (Å²) >= 11 is 5.37. The molecule has 4 heteroatoms. The fourth-order valence-electron chi connectivity index (χ4n) is 2.01. The summed E-state index contributed by atoms with van der Waals surface area (Å²) in [6, 6.07) is 3.39. The minimum absolute atomic E-state index is 0.195. The Hall–Kier alpha value is -1.16. The second kappa shape index (κ2) is 4.75. The van der Waals surface area contributed by atoms with Crippen LogP contribution < -0.4 is 0 Å². The van der Waals surface area contributed by atoms with E-state index in [0.717, 1.165) is 17.6 Å². The highest BCUT2D eigenvalue weighted by molar-refractivity contribution is 7.71. The van der Waals surface area contributed by atoms with Crippen molar-refractivity contribution < 1.29 is 4.39 Å². The molecule has 19 heavy (non-hydrogen) atoms. The van der Waals surface area contributed by atoms with Crippen LogP contribution in [-0.4, -0.2) is 9.55 Å².